The van der Waals surface area contributed by atoms with Gasteiger partial charge in [-0.2, -0.15) is 0 Å². The van der Waals surface area contributed by atoms with Crippen molar-refractivity contribution in [2.24, 2.45) is 0 Å². The van der Waals surface area contributed by atoms with E-state index < -0.39 is 6.10 Å². The third-order valence-electron chi connectivity index (χ3n) is 1.78. The lowest BCUT2D eigenvalue weighted by atomic mass is 10.3. The maximum atomic E-state index is 13.2. The fourth-order valence-electron chi connectivity index (χ4n) is 1.03. The summed E-state index contributed by atoms with van der Waals surface area (Å²) in [5.41, 5.74) is 0. The summed E-state index contributed by atoms with van der Waals surface area (Å²) in [5.74, 6) is 5.73. The number of hydrogen-bond acceptors (Lipinski definition) is 2. The second-order valence-electron chi connectivity index (χ2n) is 3.03. The van der Waals surface area contributed by atoms with Crippen LogP contribution in [0.4, 0.5) is 4.39 Å². The molecule has 0 aromatic heterocycles. The standard InChI is InChI=1S/C12H13FOS/c1-2-3-6-10(14)9-15-12-8-5-4-7-11(12)13/h4-5,7-8,10,14H,6,9H2,1H3. The van der Waals surface area contributed by atoms with Crippen molar-refractivity contribution in [1.82, 2.24) is 0 Å². The highest BCUT2D eigenvalue weighted by Gasteiger charge is 2.06. The van der Waals surface area contributed by atoms with E-state index in [9.17, 15) is 9.50 Å². The molecule has 0 radical (unpaired) electrons. The highest BCUT2D eigenvalue weighted by molar-refractivity contribution is 7.99. The number of aliphatic hydroxyl groups is 1. The monoisotopic (exact) mass is 224 g/mol. The zero-order valence-corrected chi connectivity index (χ0v) is 9.35. The molecule has 1 rings (SSSR count). The normalized spacial score (nSPS) is 11.7. The van der Waals surface area contributed by atoms with Gasteiger partial charge in [0, 0.05) is 17.1 Å². The van der Waals surface area contributed by atoms with Gasteiger partial charge in [-0.15, -0.1) is 23.6 Å². The topological polar surface area (TPSA) is 20.2 Å². The van der Waals surface area contributed by atoms with Gasteiger partial charge in [0.2, 0.25) is 0 Å². The third-order valence-corrected chi connectivity index (χ3v) is 2.98. The summed E-state index contributed by atoms with van der Waals surface area (Å²) in [6.07, 6.45) is -0.0557. The number of thioether (sulfide) groups is 1. The Morgan fingerprint density at radius 2 is 2.20 bits per heavy atom. The summed E-state index contributed by atoms with van der Waals surface area (Å²) < 4.78 is 13.2. The minimum absolute atomic E-state index is 0.240. The van der Waals surface area contributed by atoms with Crippen LogP contribution in [0.1, 0.15) is 13.3 Å². The zero-order valence-electron chi connectivity index (χ0n) is 8.53. The highest BCUT2D eigenvalue weighted by Crippen LogP contribution is 2.22. The Bertz CT molecular complexity index is 367. The van der Waals surface area contributed by atoms with Crippen LogP contribution in [0.15, 0.2) is 29.2 Å². The summed E-state index contributed by atoms with van der Waals surface area (Å²) in [5, 5.41) is 9.49. The molecule has 0 aliphatic rings. The van der Waals surface area contributed by atoms with Crippen LogP contribution >= 0.6 is 11.8 Å². The summed E-state index contributed by atoms with van der Waals surface area (Å²) in [6.45, 7) is 1.73. The first-order valence-electron chi connectivity index (χ1n) is 4.69. The van der Waals surface area contributed by atoms with Crippen molar-refractivity contribution in [3.63, 3.8) is 0 Å². The third kappa shape index (κ3) is 4.37. The van der Waals surface area contributed by atoms with Gasteiger partial charge in [-0.25, -0.2) is 4.39 Å². The molecule has 0 aliphatic carbocycles. The zero-order chi connectivity index (χ0) is 11.1. The van der Waals surface area contributed by atoms with Crippen molar-refractivity contribution in [3.8, 4) is 11.8 Å². The molecular weight excluding hydrogens is 211 g/mol. The summed E-state index contributed by atoms with van der Waals surface area (Å²) >= 11 is 1.31. The van der Waals surface area contributed by atoms with Crippen LogP contribution in [-0.4, -0.2) is 17.0 Å². The predicted octanol–water partition coefficient (Wildman–Crippen LogP) is 2.69. The minimum Gasteiger partial charge on any atom is -0.391 e. The smallest absolute Gasteiger partial charge is 0.136 e. The lowest BCUT2D eigenvalue weighted by Gasteiger charge is -2.06. The Morgan fingerprint density at radius 3 is 2.87 bits per heavy atom. The molecule has 80 valence electrons. The fraction of sp³-hybridized carbons (Fsp3) is 0.333. The van der Waals surface area contributed by atoms with Gasteiger partial charge in [-0.1, -0.05) is 12.1 Å². The lowest BCUT2D eigenvalue weighted by molar-refractivity contribution is 0.205. The SMILES string of the molecule is CC#CCC(O)CSc1ccccc1F. The number of rotatable bonds is 4. The van der Waals surface area contributed by atoms with Gasteiger partial charge in [0.1, 0.15) is 5.82 Å². The molecule has 0 saturated carbocycles. The van der Waals surface area contributed by atoms with Gasteiger partial charge in [0.05, 0.1) is 6.10 Å². The summed E-state index contributed by atoms with van der Waals surface area (Å²) in [7, 11) is 0. The summed E-state index contributed by atoms with van der Waals surface area (Å²) in [4.78, 5) is 0.570. The molecule has 1 N–H and O–H groups in total. The van der Waals surface area contributed by atoms with E-state index in [2.05, 4.69) is 11.8 Å². The van der Waals surface area contributed by atoms with Crippen LogP contribution in [0.25, 0.3) is 0 Å². The highest BCUT2D eigenvalue weighted by atomic mass is 32.2. The average Bonchev–Trinajstić information content (AvgIpc) is 2.25. The van der Waals surface area contributed by atoms with Gasteiger partial charge in [0.15, 0.2) is 0 Å². The second-order valence-corrected chi connectivity index (χ2v) is 4.09. The van der Waals surface area contributed by atoms with Crippen molar-refractivity contribution in [3.05, 3.63) is 30.1 Å². The molecule has 3 heteroatoms. The maximum Gasteiger partial charge on any atom is 0.136 e. The van der Waals surface area contributed by atoms with E-state index in [1.807, 2.05) is 0 Å². The van der Waals surface area contributed by atoms with Crippen LogP contribution in [0.3, 0.4) is 0 Å². The minimum atomic E-state index is -0.498. The lowest BCUT2D eigenvalue weighted by Crippen LogP contribution is -2.08. The van der Waals surface area contributed by atoms with E-state index in [-0.39, 0.29) is 5.82 Å². The molecular formula is C12H13FOS. The molecule has 1 aromatic carbocycles. The first-order chi connectivity index (χ1) is 7.24. The summed E-state index contributed by atoms with van der Waals surface area (Å²) in [6, 6.07) is 6.56. The van der Waals surface area contributed by atoms with Crippen LogP contribution in [0.5, 0.6) is 0 Å². The van der Waals surface area contributed by atoms with Crippen molar-refractivity contribution in [2.45, 2.75) is 24.3 Å². The van der Waals surface area contributed by atoms with Crippen molar-refractivity contribution < 1.29 is 9.50 Å². The Hall–Kier alpha value is -0.980. The molecule has 0 aliphatic heterocycles. The van der Waals surface area contributed by atoms with Gasteiger partial charge >= 0.3 is 0 Å². The average molecular weight is 224 g/mol. The molecule has 1 aromatic rings. The molecule has 0 bridgehead atoms. The molecule has 0 heterocycles. The first-order valence-corrected chi connectivity index (χ1v) is 5.67. The van der Waals surface area contributed by atoms with E-state index in [4.69, 9.17) is 0 Å². The molecule has 1 unspecified atom stereocenters. The molecule has 0 amide bonds. The molecule has 1 nitrogen and oxygen atoms in total. The number of benzene rings is 1. The molecule has 0 saturated heterocycles. The van der Waals surface area contributed by atoms with Gasteiger partial charge in [0.25, 0.3) is 0 Å². The Morgan fingerprint density at radius 1 is 1.47 bits per heavy atom. The second kappa shape index (κ2) is 6.49. The van der Waals surface area contributed by atoms with Crippen LogP contribution < -0.4 is 0 Å². The van der Waals surface area contributed by atoms with E-state index >= 15 is 0 Å². The van der Waals surface area contributed by atoms with E-state index in [1.165, 1.54) is 17.8 Å². The maximum absolute atomic E-state index is 13.2. The first kappa shape index (κ1) is 12.1. The van der Waals surface area contributed by atoms with E-state index in [1.54, 1.807) is 25.1 Å². The molecule has 0 spiro atoms. The molecule has 1 atom stereocenters. The van der Waals surface area contributed by atoms with Crippen LogP contribution in [-0.2, 0) is 0 Å². The Labute approximate surface area is 93.7 Å². The quantitative estimate of drug-likeness (QED) is 0.627. The predicted molar refractivity (Wildman–Crippen MR) is 61.2 cm³/mol. The van der Waals surface area contributed by atoms with Crippen molar-refractivity contribution in [1.29, 1.82) is 0 Å². The van der Waals surface area contributed by atoms with Gasteiger partial charge in [-0.3, -0.25) is 0 Å². The largest absolute Gasteiger partial charge is 0.391 e. The number of halogens is 1. The van der Waals surface area contributed by atoms with E-state index in [0.29, 0.717) is 17.1 Å². The van der Waals surface area contributed by atoms with Crippen molar-refractivity contribution >= 4 is 11.8 Å². The van der Waals surface area contributed by atoms with Crippen LogP contribution in [0, 0.1) is 17.7 Å². The fourth-order valence-corrected chi connectivity index (χ4v) is 1.90. The molecule has 15 heavy (non-hydrogen) atoms. The van der Waals surface area contributed by atoms with E-state index in [0.717, 1.165) is 0 Å². The Kier molecular flexibility index (Phi) is 5.23. The van der Waals surface area contributed by atoms with Gasteiger partial charge < -0.3 is 5.11 Å². The Balaban J connectivity index is 2.42. The number of hydrogen-bond donors (Lipinski definition) is 1. The van der Waals surface area contributed by atoms with Gasteiger partial charge in [-0.05, 0) is 19.1 Å². The number of aliphatic hydroxyl groups excluding tert-OH is 1. The van der Waals surface area contributed by atoms with Crippen LogP contribution in [0.2, 0.25) is 0 Å². The van der Waals surface area contributed by atoms with Crippen molar-refractivity contribution in [2.75, 3.05) is 5.75 Å². The molecule has 0 fully saturated rings.